The Morgan fingerprint density at radius 2 is 2.15 bits per heavy atom. The van der Waals surface area contributed by atoms with Gasteiger partial charge in [0, 0.05) is 18.0 Å². The van der Waals surface area contributed by atoms with Gasteiger partial charge < -0.3 is 15.5 Å². The minimum absolute atomic E-state index is 0.0834. The van der Waals surface area contributed by atoms with Crippen LogP contribution in [0, 0.1) is 5.92 Å². The molecule has 0 atom stereocenters. The molecule has 0 radical (unpaired) electrons. The summed E-state index contributed by atoms with van der Waals surface area (Å²) in [5.41, 5.74) is 0. The van der Waals surface area contributed by atoms with Crippen molar-refractivity contribution in [2.24, 2.45) is 5.92 Å². The van der Waals surface area contributed by atoms with E-state index in [1.807, 2.05) is 12.1 Å². The highest BCUT2D eigenvalue weighted by atomic mass is 79.9. The van der Waals surface area contributed by atoms with Crippen molar-refractivity contribution >= 4 is 33.3 Å². The van der Waals surface area contributed by atoms with Crippen molar-refractivity contribution in [3.63, 3.8) is 0 Å². The molecular formula is C14H22BrN3OS. The molecule has 2 N–H and O–H groups in total. The molecule has 0 bridgehead atoms. The summed E-state index contributed by atoms with van der Waals surface area (Å²) in [6.45, 7) is 6.88. The maximum atomic E-state index is 11.7. The third-order valence-electron chi connectivity index (χ3n) is 3.64. The number of rotatable bonds is 5. The Morgan fingerprint density at radius 3 is 2.80 bits per heavy atom. The van der Waals surface area contributed by atoms with Gasteiger partial charge in [-0.2, -0.15) is 0 Å². The van der Waals surface area contributed by atoms with Gasteiger partial charge >= 0.3 is 6.03 Å². The van der Waals surface area contributed by atoms with Gasteiger partial charge in [0.15, 0.2) is 0 Å². The fraction of sp³-hybridized carbons (Fsp3) is 0.643. The Morgan fingerprint density at radius 1 is 1.40 bits per heavy atom. The molecular weight excluding hydrogens is 338 g/mol. The van der Waals surface area contributed by atoms with Crippen LogP contribution >= 0.6 is 27.3 Å². The fourth-order valence-electron chi connectivity index (χ4n) is 2.29. The van der Waals surface area contributed by atoms with Gasteiger partial charge in [-0.05, 0) is 59.9 Å². The lowest BCUT2D eigenvalue weighted by Crippen LogP contribution is -2.42. The molecule has 2 heterocycles. The number of nitrogens with zero attached hydrogens (tertiary/aromatic N) is 1. The number of piperidine rings is 1. The third kappa shape index (κ3) is 5.42. The lowest BCUT2D eigenvalue weighted by molar-refractivity contribution is 0.191. The van der Waals surface area contributed by atoms with Crippen LogP contribution in [0.25, 0.3) is 0 Å². The quantitative estimate of drug-likeness (QED) is 0.848. The van der Waals surface area contributed by atoms with Gasteiger partial charge in [0.2, 0.25) is 0 Å². The number of halogens is 1. The first-order valence-electron chi connectivity index (χ1n) is 7.12. The van der Waals surface area contributed by atoms with E-state index in [1.54, 1.807) is 11.3 Å². The Hall–Kier alpha value is -0.590. The number of amides is 2. The van der Waals surface area contributed by atoms with Gasteiger partial charge in [0.05, 0.1) is 10.3 Å². The second-order valence-electron chi connectivity index (χ2n) is 5.34. The fourth-order valence-corrected chi connectivity index (χ4v) is 3.71. The van der Waals surface area contributed by atoms with Crippen LogP contribution in [0.5, 0.6) is 0 Å². The van der Waals surface area contributed by atoms with Gasteiger partial charge in [-0.25, -0.2) is 4.79 Å². The summed E-state index contributed by atoms with van der Waals surface area (Å²) < 4.78 is 1.09. The van der Waals surface area contributed by atoms with Gasteiger partial charge in [0.1, 0.15) is 0 Å². The molecule has 6 heteroatoms. The van der Waals surface area contributed by atoms with Gasteiger partial charge in [0.25, 0.3) is 0 Å². The second kappa shape index (κ2) is 8.00. The zero-order valence-electron chi connectivity index (χ0n) is 11.8. The molecule has 1 aromatic heterocycles. The van der Waals surface area contributed by atoms with Gasteiger partial charge in [-0.1, -0.05) is 6.92 Å². The van der Waals surface area contributed by atoms with Crippen LogP contribution in [0.4, 0.5) is 4.79 Å². The highest BCUT2D eigenvalue weighted by Gasteiger charge is 2.15. The Balaban J connectivity index is 1.56. The molecule has 0 aromatic carbocycles. The zero-order valence-corrected chi connectivity index (χ0v) is 14.2. The number of carbonyl (C=O) groups excluding carboxylic acids is 1. The van der Waals surface area contributed by atoms with Crippen LogP contribution in [0.15, 0.2) is 15.9 Å². The summed E-state index contributed by atoms with van der Waals surface area (Å²) >= 11 is 5.06. The molecule has 1 aromatic rings. The number of hydrogen-bond acceptors (Lipinski definition) is 3. The second-order valence-corrected chi connectivity index (χ2v) is 7.89. The van der Waals surface area contributed by atoms with E-state index in [1.165, 1.54) is 12.8 Å². The van der Waals surface area contributed by atoms with Gasteiger partial charge in [-0.3, -0.25) is 0 Å². The van der Waals surface area contributed by atoms with E-state index in [-0.39, 0.29) is 6.03 Å². The standard InChI is InChI=1S/C14H22BrN3OS/c1-11-4-7-18(8-5-11)9-6-16-14(19)17-10-12-2-3-13(15)20-12/h2-3,11H,4-10H2,1H3,(H2,16,17,19). The predicted molar refractivity (Wildman–Crippen MR) is 87.1 cm³/mol. The smallest absolute Gasteiger partial charge is 0.315 e. The third-order valence-corrected chi connectivity index (χ3v) is 5.27. The summed E-state index contributed by atoms with van der Waals surface area (Å²) in [7, 11) is 0. The average Bonchev–Trinajstić information content (AvgIpc) is 2.85. The lowest BCUT2D eigenvalue weighted by atomic mass is 9.99. The van der Waals surface area contributed by atoms with E-state index in [4.69, 9.17) is 0 Å². The van der Waals surface area contributed by atoms with Crippen molar-refractivity contribution in [2.75, 3.05) is 26.2 Å². The zero-order chi connectivity index (χ0) is 14.4. The first-order valence-corrected chi connectivity index (χ1v) is 8.72. The van der Waals surface area contributed by atoms with Crippen LogP contribution in [0.3, 0.4) is 0 Å². The van der Waals surface area contributed by atoms with Crippen molar-refractivity contribution in [3.05, 3.63) is 20.8 Å². The van der Waals surface area contributed by atoms with Crippen LogP contribution in [0.2, 0.25) is 0 Å². The first kappa shape index (κ1) is 15.8. The first-order chi connectivity index (χ1) is 9.63. The maximum absolute atomic E-state index is 11.7. The Kier molecular flexibility index (Phi) is 6.32. The molecule has 1 aliphatic heterocycles. The number of likely N-dealkylation sites (tertiary alicyclic amines) is 1. The normalized spacial score (nSPS) is 17.1. The maximum Gasteiger partial charge on any atom is 0.315 e. The van der Waals surface area contributed by atoms with Crippen molar-refractivity contribution in [1.29, 1.82) is 0 Å². The molecule has 1 fully saturated rings. The Labute approximate surface area is 133 Å². The largest absolute Gasteiger partial charge is 0.337 e. The molecule has 0 unspecified atom stereocenters. The molecule has 0 spiro atoms. The number of thiophene rings is 1. The van der Waals surface area contributed by atoms with Crippen LogP contribution in [0.1, 0.15) is 24.6 Å². The number of nitrogens with one attached hydrogen (secondary N) is 2. The summed E-state index contributed by atoms with van der Waals surface area (Å²) in [5.74, 6) is 0.854. The molecule has 1 saturated heterocycles. The molecule has 20 heavy (non-hydrogen) atoms. The number of urea groups is 1. The summed E-state index contributed by atoms with van der Waals surface area (Å²) in [4.78, 5) is 15.2. The average molecular weight is 360 g/mol. The number of carbonyl (C=O) groups is 1. The van der Waals surface area contributed by atoms with Crippen molar-refractivity contribution in [1.82, 2.24) is 15.5 Å². The number of hydrogen-bond donors (Lipinski definition) is 2. The predicted octanol–water partition coefficient (Wildman–Crippen LogP) is 3.04. The van der Waals surface area contributed by atoms with E-state index in [0.29, 0.717) is 13.1 Å². The molecule has 4 nitrogen and oxygen atoms in total. The molecule has 112 valence electrons. The van der Waals surface area contributed by atoms with E-state index in [0.717, 1.165) is 34.2 Å². The summed E-state index contributed by atoms with van der Waals surface area (Å²) in [6.07, 6.45) is 2.55. The minimum atomic E-state index is -0.0834. The monoisotopic (exact) mass is 359 g/mol. The Bertz CT molecular complexity index is 430. The lowest BCUT2D eigenvalue weighted by Gasteiger charge is -2.30. The van der Waals surface area contributed by atoms with E-state index in [9.17, 15) is 4.79 Å². The highest BCUT2D eigenvalue weighted by molar-refractivity contribution is 9.11. The topological polar surface area (TPSA) is 44.4 Å². The SMILES string of the molecule is CC1CCN(CCNC(=O)NCc2ccc(Br)s2)CC1. The molecule has 0 aliphatic carbocycles. The van der Waals surface area contributed by atoms with E-state index < -0.39 is 0 Å². The van der Waals surface area contributed by atoms with Crippen molar-refractivity contribution in [2.45, 2.75) is 26.3 Å². The van der Waals surface area contributed by atoms with E-state index in [2.05, 4.69) is 38.4 Å². The van der Waals surface area contributed by atoms with Crippen LogP contribution in [-0.4, -0.2) is 37.1 Å². The summed E-state index contributed by atoms with van der Waals surface area (Å²) in [5, 5.41) is 5.80. The molecule has 0 saturated carbocycles. The minimum Gasteiger partial charge on any atom is -0.337 e. The van der Waals surface area contributed by atoms with E-state index >= 15 is 0 Å². The highest BCUT2D eigenvalue weighted by Crippen LogP contribution is 2.21. The van der Waals surface area contributed by atoms with Crippen molar-refractivity contribution in [3.8, 4) is 0 Å². The molecule has 2 amide bonds. The van der Waals surface area contributed by atoms with Crippen LogP contribution < -0.4 is 10.6 Å². The summed E-state index contributed by atoms with van der Waals surface area (Å²) in [6, 6.07) is 3.93. The molecule has 1 aliphatic rings. The van der Waals surface area contributed by atoms with Crippen LogP contribution in [-0.2, 0) is 6.54 Å². The molecule has 2 rings (SSSR count). The van der Waals surface area contributed by atoms with Crippen molar-refractivity contribution < 1.29 is 4.79 Å². The van der Waals surface area contributed by atoms with Gasteiger partial charge in [-0.15, -0.1) is 11.3 Å².